The summed E-state index contributed by atoms with van der Waals surface area (Å²) in [5.74, 6) is -0.313. The van der Waals surface area contributed by atoms with Crippen molar-refractivity contribution in [3.8, 4) is 0 Å². The lowest BCUT2D eigenvalue weighted by Crippen LogP contribution is -1.98. The summed E-state index contributed by atoms with van der Waals surface area (Å²) in [5, 5.41) is 8.73. The van der Waals surface area contributed by atoms with E-state index in [1.54, 1.807) is 12.1 Å². The van der Waals surface area contributed by atoms with Gasteiger partial charge in [-0.05, 0) is 30.0 Å². The fourth-order valence-corrected chi connectivity index (χ4v) is 2.00. The molecule has 0 aliphatic heterocycles. The van der Waals surface area contributed by atoms with E-state index in [0.717, 1.165) is 12.0 Å². The Labute approximate surface area is 99.9 Å². The van der Waals surface area contributed by atoms with Crippen molar-refractivity contribution >= 4 is 24.2 Å². The summed E-state index contributed by atoms with van der Waals surface area (Å²) in [4.78, 5) is 21.7. The van der Waals surface area contributed by atoms with Gasteiger partial charge in [0.1, 0.15) is 5.78 Å². The highest BCUT2D eigenvalue weighted by atomic mass is 35.5. The summed E-state index contributed by atoms with van der Waals surface area (Å²) in [7, 11) is 0. The predicted octanol–water partition coefficient (Wildman–Crippen LogP) is 2.64. The number of hydrogen-bond acceptors (Lipinski definition) is 2. The van der Waals surface area contributed by atoms with Crippen molar-refractivity contribution in [2.24, 2.45) is 0 Å². The average Bonchev–Trinajstić information content (AvgIpc) is 2.65. The van der Waals surface area contributed by atoms with Gasteiger partial charge in [-0.3, -0.25) is 4.79 Å². The van der Waals surface area contributed by atoms with Crippen LogP contribution in [0.3, 0.4) is 0 Å². The van der Waals surface area contributed by atoms with Crippen LogP contribution in [0, 0.1) is 0 Å². The molecule has 1 atom stereocenters. The highest BCUT2D eigenvalue weighted by molar-refractivity contribution is 5.87. The molecule has 0 bridgehead atoms. The molecular weight excluding hydrogens is 228 g/mol. The molecular formula is C12H13ClO3. The highest BCUT2D eigenvalue weighted by Gasteiger charge is 2.23. The smallest absolute Gasteiger partial charge is 0.335 e. The third kappa shape index (κ3) is 2.61. The van der Waals surface area contributed by atoms with Gasteiger partial charge < -0.3 is 5.11 Å². The van der Waals surface area contributed by atoms with Gasteiger partial charge in [0.05, 0.1) is 5.56 Å². The van der Waals surface area contributed by atoms with Gasteiger partial charge in [0, 0.05) is 12.8 Å². The molecule has 86 valence electrons. The lowest BCUT2D eigenvalue weighted by molar-refractivity contribution is -0.117. The number of carboxylic acid groups (broad SMARTS) is 1. The van der Waals surface area contributed by atoms with Gasteiger partial charge in [-0.1, -0.05) is 12.1 Å². The largest absolute Gasteiger partial charge is 0.478 e. The maximum Gasteiger partial charge on any atom is 0.335 e. The Kier molecular flexibility index (Phi) is 4.07. The van der Waals surface area contributed by atoms with Gasteiger partial charge in [-0.2, -0.15) is 0 Å². The lowest BCUT2D eigenvalue weighted by atomic mass is 9.97. The Morgan fingerprint density at radius 3 is 2.31 bits per heavy atom. The van der Waals surface area contributed by atoms with Gasteiger partial charge in [0.15, 0.2) is 0 Å². The van der Waals surface area contributed by atoms with Crippen LogP contribution in [-0.2, 0) is 4.79 Å². The summed E-state index contributed by atoms with van der Waals surface area (Å²) >= 11 is 0. The van der Waals surface area contributed by atoms with Crippen molar-refractivity contribution in [2.75, 3.05) is 0 Å². The maximum atomic E-state index is 11.1. The molecule has 0 radical (unpaired) electrons. The van der Waals surface area contributed by atoms with E-state index in [4.69, 9.17) is 5.11 Å². The van der Waals surface area contributed by atoms with Gasteiger partial charge in [0.25, 0.3) is 0 Å². The molecule has 1 aliphatic carbocycles. The van der Waals surface area contributed by atoms with Crippen molar-refractivity contribution < 1.29 is 14.7 Å². The van der Waals surface area contributed by atoms with E-state index < -0.39 is 5.97 Å². The zero-order chi connectivity index (χ0) is 10.8. The van der Waals surface area contributed by atoms with E-state index in [2.05, 4.69) is 0 Å². The Morgan fingerprint density at radius 2 is 1.88 bits per heavy atom. The van der Waals surface area contributed by atoms with E-state index in [1.807, 2.05) is 12.1 Å². The molecule has 4 heteroatoms. The van der Waals surface area contributed by atoms with Crippen LogP contribution in [0.2, 0.25) is 0 Å². The fraction of sp³-hybridized carbons (Fsp3) is 0.333. The second-order valence-corrected chi connectivity index (χ2v) is 3.91. The fourth-order valence-electron chi connectivity index (χ4n) is 2.00. The maximum absolute atomic E-state index is 11.1. The number of halogens is 1. The predicted molar refractivity (Wildman–Crippen MR) is 62.2 cm³/mol. The van der Waals surface area contributed by atoms with Gasteiger partial charge in [-0.25, -0.2) is 4.79 Å². The van der Waals surface area contributed by atoms with Crippen molar-refractivity contribution in [2.45, 2.75) is 25.2 Å². The minimum Gasteiger partial charge on any atom is -0.478 e. The second kappa shape index (κ2) is 5.12. The Hall–Kier alpha value is -1.35. The Morgan fingerprint density at radius 1 is 1.25 bits per heavy atom. The zero-order valence-electron chi connectivity index (χ0n) is 8.68. The summed E-state index contributed by atoms with van der Waals surface area (Å²) in [6.07, 6.45) is 2.16. The molecule has 0 heterocycles. The molecule has 1 saturated carbocycles. The molecule has 0 aromatic heterocycles. The molecule has 0 saturated heterocycles. The summed E-state index contributed by atoms with van der Waals surface area (Å²) in [5.41, 5.74) is 1.37. The summed E-state index contributed by atoms with van der Waals surface area (Å²) < 4.78 is 0. The van der Waals surface area contributed by atoms with Crippen LogP contribution >= 0.6 is 12.4 Å². The SMILES string of the molecule is Cl.O=C1CC[C@H](c2ccc(C(=O)O)cc2)C1. The minimum atomic E-state index is -0.913. The molecule has 1 aromatic carbocycles. The highest BCUT2D eigenvalue weighted by Crippen LogP contribution is 2.31. The minimum absolute atomic E-state index is 0. The molecule has 0 amide bonds. The van der Waals surface area contributed by atoms with Crippen LogP contribution < -0.4 is 0 Å². The molecule has 3 nitrogen and oxygen atoms in total. The van der Waals surface area contributed by atoms with Crippen LogP contribution in [0.4, 0.5) is 0 Å². The topological polar surface area (TPSA) is 54.4 Å². The van der Waals surface area contributed by atoms with E-state index in [0.29, 0.717) is 30.1 Å². The number of Topliss-reactive ketones (excluding diaryl/α,β-unsaturated/α-hetero) is 1. The molecule has 0 unspecified atom stereocenters. The first-order valence-electron chi connectivity index (χ1n) is 5.02. The van der Waals surface area contributed by atoms with E-state index in [9.17, 15) is 9.59 Å². The third-order valence-corrected chi connectivity index (χ3v) is 2.87. The van der Waals surface area contributed by atoms with E-state index >= 15 is 0 Å². The standard InChI is InChI=1S/C12H12O3.ClH/c13-11-6-5-10(7-11)8-1-3-9(4-2-8)12(14)15;/h1-4,10H,5-7H2,(H,14,15);1H/t10-;/m0./s1. The number of ketones is 1. The molecule has 1 N–H and O–H groups in total. The molecule has 1 aliphatic rings. The van der Waals surface area contributed by atoms with E-state index in [-0.39, 0.29) is 12.4 Å². The normalized spacial score (nSPS) is 19.2. The average molecular weight is 241 g/mol. The lowest BCUT2D eigenvalue weighted by Gasteiger charge is -2.08. The number of benzene rings is 1. The zero-order valence-corrected chi connectivity index (χ0v) is 9.50. The molecule has 2 rings (SSSR count). The van der Waals surface area contributed by atoms with E-state index in [1.165, 1.54) is 0 Å². The number of aromatic carboxylic acids is 1. The summed E-state index contributed by atoms with van der Waals surface area (Å²) in [6.45, 7) is 0. The Bertz CT molecular complexity index is 397. The molecule has 1 aromatic rings. The van der Waals surface area contributed by atoms with Gasteiger partial charge in [0.2, 0.25) is 0 Å². The van der Waals surface area contributed by atoms with Crippen LogP contribution in [0.25, 0.3) is 0 Å². The Balaban J connectivity index is 0.00000128. The number of carbonyl (C=O) groups is 2. The molecule has 0 spiro atoms. The van der Waals surface area contributed by atoms with Crippen LogP contribution in [-0.4, -0.2) is 16.9 Å². The first kappa shape index (κ1) is 12.7. The first-order valence-corrected chi connectivity index (χ1v) is 5.02. The van der Waals surface area contributed by atoms with Crippen molar-refractivity contribution in [1.29, 1.82) is 0 Å². The summed E-state index contributed by atoms with van der Waals surface area (Å²) in [6, 6.07) is 6.82. The number of carboxylic acids is 1. The van der Waals surface area contributed by atoms with Crippen molar-refractivity contribution in [3.05, 3.63) is 35.4 Å². The van der Waals surface area contributed by atoms with Gasteiger partial charge in [-0.15, -0.1) is 12.4 Å². The quantitative estimate of drug-likeness (QED) is 0.865. The molecule has 16 heavy (non-hydrogen) atoms. The number of carbonyl (C=O) groups excluding carboxylic acids is 1. The third-order valence-electron chi connectivity index (χ3n) is 2.87. The van der Waals surface area contributed by atoms with Crippen LogP contribution in [0.5, 0.6) is 0 Å². The van der Waals surface area contributed by atoms with Crippen LogP contribution in [0.15, 0.2) is 24.3 Å². The van der Waals surface area contributed by atoms with Crippen LogP contribution in [0.1, 0.15) is 41.1 Å². The first-order chi connectivity index (χ1) is 7.16. The molecule has 1 fully saturated rings. The van der Waals surface area contributed by atoms with Crippen molar-refractivity contribution in [3.63, 3.8) is 0 Å². The van der Waals surface area contributed by atoms with Crippen molar-refractivity contribution in [1.82, 2.24) is 0 Å². The second-order valence-electron chi connectivity index (χ2n) is 3.91. The number of rotatable bonds is 2. The number of hydrogen-bond donors (Lipinski definition) is 1. The van der Waals surface area contributed by atoms with Gasteiger partial charge >= 0.3 is 5.97 Å². The monoisotopic (exact) mass is 240 g/mol.